The van der Waals surface area contributed by atoms with Crippen molar-refractivity contribution in [3.05, 3.63) is 29.8 Å². The van der Waals surface area contributed by atoms with E-state index in [1.165, 1.54) is 0 Å². The lowest BCUT2D eigenvalue weighted by Crippen LogP contribution is -2.57. The largest absolute Gasteiger partial charge is 0.409 e. The van der Waals surface area contributed by atoms with Crippen LogP contribution >= 0.6 is 0 Å². The van der Waals surface area contributed by atoms with Gasteiger partial charge in [-0.05, 0) is 37.3 Å². The van der Waals surface area contributed by atoms with Crippen molar-refractivity contribution in [2.75, 3.05) is 11.9 Å². The summed E-state index contributed by atoms with van der Waals surface area (Å²) in [6.45, 7) is 4.02. The van der Waals surface area contributed by atoms with E-state index in [0.29, 0.717) is 18.8 Å². The normalized spacial score (nSPS) is 25.9. The SMILES string of the molecule is Cc1ccccc1N(C)C(=O)C1(/C(N)=N/O)CC(C)C1. The molecule has 108 valence electrons. The third-order valence-corrected chi connectivity index (χ3v) is 4.18. The lowest BCUT2D eigenvalue weighted by atomic mass is 9.61. The number of hydrogen-bond acceptors (Lipinski definition) is 3. The minimum Gasteiger partial charge on any atom is -0.409 e. The molecule has 1 fully saturated rings. The number of rotatable bonds is 3. The van der Waals surface area contributed by atoms with E-state index in [9.17, 15) is 4.79 Å². The second-order valence-electron chi connectivity index (χ2n) is 5.73. The quantitative estimate of drug-likeness (QED) is 0.384. The van der Waals surface area contributed by atoms with Gasteiger partial charge in [-0.1, -0.05) is 30.3 Å². The number of nitrogens with zero attached hydrogens (tertiary/aromatic N) is 2. The summed E-state index contributed by atoms with van der Waals surface area (Å²) >= 11 is 0. The molecule has 0 atom stereocenters. The highest BCUT2D eigenvalue weighted by Gasteiger charge is 2.53. The number of hydrogen-bond donors (Lipinski definition) is 2. The van der Waals surface area contributed by atoms with E-state index in [1.807, 2.05) is 31.2 Å². The topological polar surface area (TPSA) is 78.9 Å². The summed E-state index contributed by atoms with van der Waals surface area (Å²) in [5, 5.41) is 12.1. The Morgan fingerprint density at radius 1 is 1.45 bits per heavy atom. The smallest absolute Gasteiger partial charge is 0.240 e. The third kappa shape index (κ3) is 2.13. The molecular formula is C15H21N3O2. The maximum absolute atomic E-state index is 12.8. The van der Waals surface area contributed by atoms with E-state index in [-0.39, 0.29) is 11.7 Å². The molecule has 0 aromatic heterocycles. The Morgan fingerprint density at radius 3 is 2.55 bits per heavy atom. The molecule has 0 heterocycles. The summed E-state index contributed by atoms with van der Waals surface area (Å²) in [5.74, 6) is 0.311. The van der Waals surface area contributed by atoms with Crippen LogP contribution in [-0.4, -0.2) is 24.0 Å². The average molecular weight is 275 g/mol. The van der Waals surface area contributed by atoms with Crippen molar-refractivity contribution in [2.24, 2.45) is 22.2 Å². The maximum Gasteiger partial charge on any atom is 0.240 e. The van der Waals surface area contributed by atoms with Crippen molar-refractivity contribution in [1.82, 2.24) is 0 Å². The van der Waals surface area contributed by atoms with Crippen molar-refractivity contribution < 1.29 is 10.0 Å². The monoisotopic (exact) mass is 275 g/mol. The van der Waals surface area contributed by atoms with E-state index in [0.717, 1.165) is 11.3 Å². The van der Waals surface area contributed by atoms with Gasteiger partial charge >= 0.3 is 0 Å². The molecule has 3 N–H and O–H groups in total. The first-order chi connectivity index (χ1) is 9.42. The van der Waals surface area contributed by atoms with Gasteiger partial charge in [-0.3, -0.25) is 4.79 Å². The van der Waals surface area contributed by atoms with Crippen LogP contribution in [0, 0.1) is 18.3 Å². The maximum atomic E-state index is 12.8. The second-order valence-corrected chi connectivity index (χ2v) is 5.73. The lowest BCUT2D eigenvalue weighted by molar-refractivity contribution is -0.130. The fraction of sp³-hybridized carbons (Fsp3) is 0.467. The van der Waals surface area contributed by atoms with Gasteiger partial charge in [0, 0.05) is 12.7 Å². The lowest BCUT2D eigenvalue weighted by Gasteiger charge is -2.45. The Hall–Kier alpha value is -2.04. The zero-order valence-electron chi connectivity index (χ0n) is 12.1. The highest BCUT2D eigenvalue weighted by Crippen LogP contribution is 2.47. The summed E-state index contributed by atoms with van der Waals surface area (Å²) in [7, 11) is 1.74. The first kappa shape index (κ1) is 14.4. The predicted octanol–water partition coefficient (Wildman–Crippen LogP) is 2.12. The van der Waals surface area contributed by atoms with Crippen molar-refractivity contribution in [3.63, 3.8) is 0 Å². The molecule has 0 spiro atoms. The van der Waals surface area contributed by atoms with Crippen LogP contribution in [0.25, 0.3) is 0 Å². The van der Waals surface area contributed by atoms with E-state index >= 15 is 0 Å². The van der Waals surface area contributed by atoms with Crippen LogP contribution in [-0.2, 0) is 4.79 Å². The minimum atomic E-state index is -0.856. The van der Waals surface area contributed by atoms with Crippen LogP contribution in [0.3, 0.4) is 0 Å². The fourth-order valence-corrected chi connectivity index (χ4v) is 3.09. The Kier molecular flexibility index (Phi) is 3.70. The molecule has 2 rings (SSSR count). The number of benzene rings is 1. The number of amides is 1. The van der Waals surface area contributed by atoms with E-state index < -0.39 is 5.41 Å². The van der Waals surface area contributed by atoms with Gasteiger partial charge in [-0.2, -0.15) is 0 Å². The number of nitrogens with two attached hydrogens (primary N) is 1. The van der Waals surface area contributed by atoms with Gasteiger partial charge in [0.15, 0.2) is 5.84 Å². The molecule has 5 heteroatoms. The highest BCUT2D eigenvalue weighted by atomic mass is 16.4. The van der Waals surface area contributed by atoms with Gasteiger partial charge in [-0.15, -0.1) is 0 Å². The molecule has 0 radical (unpaired) electrons. The van der Waals surface area contributed by atoms with E-state index in [2.05, 4.69) is 12.1 Å². The van der Waals surface area contributed by atoms with Gasteiger partial charge < -0.3 is 15.8 Å². The summed E-state index contributed by atoms with van der Waals surface area (Å²) < 4.78 is 0. The van der Waals surface area contributed by atoms with E-state index in [4.69, 9.17) is 10.9 Å². The Labute approximate surface area is 119 Å². The number of aryl methyl sites for hydroxylation is 1. The molecule has 1 aliphatic carbocycles. The highest BCUT2D eigenvalue weighted by molar-refractivity contribution is 6.13. The fourth-order valence-electron chi connectivity index (χ4n) is 3.09. The molecule has 5 nitrogen and oxygen atoms in total. The van der Waals surface area contributed by atoms with Crippen molar-refractivity contribution in [2.45, 2.75) is 26.7 Å². The standard InChI is InChI=1S/C15H21N3O2/c1-10-8-15(9-10,13(16)17-20)14(19)18(3)12-7-5-4-6-11(12)2/h4-7,10,20H,8-9H2,1-3H3,(H2,16,17). The first-order valence-electron chi connectivity index (χ1n) is 6.74. The Morgan fingerprint density at radius 2 is 2.05 bits per heavy atom. The number of carbonyl (C=O) groups excluding carboxylic acids is 1. The molecule has 0 aliphatic heterocycles. The minimum absolute atomic E-state index is 0.0148. The molecule has 0 bridgehead atoms. The van der Waals surface area contributed by atoms with Gasteiger partial charge in [0.2, 0.25) is 5.91 Å². The summed E-state index contributed by atoms with van der Waals surface area (Å²) in [4.78, 5) is 14.4. The molecule has 1 aromatic carbocycles. The van der Waals surface area contributed by atoms with Gasteiger partial charge in [0.05, 0.1) is 0 Å². The Balaban J connectivity index is 2.32. The molecule has 1 saturated carbocycles. The van der Waals surface area contributed by atoms with E-state index in [1.54, 1.807) is 11.9 Å². The number of para-hydroxylation sites is 1. The third-order valence-electron chi connectivity index (χ3n) is 4.18. The summed E-state index contributed by atoms with van der Waals surface area (Å²) in [6.07, 6.45) is 1.25. The summed E-state index contributed by atoms with van der Waals surface area (Å²) in [6, 6.07) is 7.68. The second kappa shape index (κ2) is 5.15. The molecule has 1 amide bonds. The predicted molar refractivity (Wildman–Crippen MR) is 78.8 cm³/mol. The van der Waals surface area contributed by atoms with Crippen LogP contribution in [0.1, 0.15) is 25.3 Å². The van der Waals surface area contributed by atoms with Crippen LogP contribution in [0.5, 0.6) is 0 Å². The van der Waals surface area contributed by atoms with Gasteiger partial charge in [0.1, 0.15) is 5.41 Å². The average Bonchev–Trinajstić information content (AvgIpc) is 2.41. The number of amidine groups is 1. The molecule has 20 heavy (non-hydrogen) atoms. The van der Waals surface area contributed by atoms with Gasteiger partial charge in [-0.25, -0.2) is 0 Å². The van der Waals surface area contributed by atoms with Crippen molar-refractivity contribution in [1.29, 1.82) is 0 Å². The van der Waals surface area contributed by atoms with Crippen molar-refractivity contribution >= 4 is 17.4 Å². The molecule has 1 aliphatic rings. The van der Waals surface area contributed by atoms with Crippen LogP contribution in [0.15, 0.2) is 29.4 Å². The van der Waals surface area contributed by atoms with Crippen LogP contribution in [0.2, 0.25) is 0 Å². The zero-order chi connectivity index (χ0) is 14.9. The summed E-state index contributed by atoms with van der Waals surface area (Å²) in [5.41, 5.74) is 6.79. The van der Waals surface area contributed by atoms with Crippen molar-refractivity contribution in [3.8, 4) is 0 Å². The van der Waals surface area contributed by atoms with Gasteiger partial charge in [0.25, 0.3) is 0 Å². The van der Waals surface area contributed by atoms with Crippen LogP contribution < -0.4 is 10.6 Å². The first-order valence-corrected chi connectivity index (χ1v) is 6.74. The van der Waals surface area contributed by atoms with Crippen LogP contribution in [0.4, 0.5) is 5.69 Å². The number of anilines is 1. The molecule has 0 unspecified atom stereocenters. The molecular weight excluding hydrogens is 254 g/mol. The molecule has 1 aromatic rings. The molecule has 0 saturated heterocycles. The zero-order valence-corrected chi connectivity index (χ0v) is 12.1. The number of carbonyl (C=O) groups is 1. The number of oxime groups is 1. The Bertz CT molecular complexity index is 548.